The predicted octanol–water partition coefficient (Wildman–Crippen LogP) is 2.28. The van der Waals surface area contributed by atoms with Gasteiger partial charge in [0, 0.05) is 13.5 Å². The number of carbonyl (C=O) groups excluding carboxylic acids is 2. The number of benzene rings is 1. The van der Waals surface area contributed by atoms with Crippen molar-refractivity contribution in [2.24, 2.45) is 0 Å². The summed E-state index contributed by atoms with van der Waals surface area (Å²) in [7, 11) is 1.50. The highest BCUT2D eigenvalue weighted by Gasteiger charge is 2.20. The van der Waals surface area contributed by atoms with Crippen molar-refractivity contribution in [1.29, 1.82) is 0 Å². The van der Waals surface area contributed by atoms with Gasteiger partial charge in [0.25, 0.3) is 0 Å². The zero-order valence-electron chi connectivity index (χ0n) is 11.0. The fourth-order valence-electron chi connectivity index (χ4n) is 1.54. The van der Waals surface area contributed by atoms with Gasteiger partial charge in [0.2, 0.25) is 5.78 Å². The molecule has 0 saturated carbocycles. The lowest BCUT2D eigenvalue weighted by molar-refractivity contribution is -0.155. The first-order valence-electron chi connectivity index (χ1n) is 6.05. The van der Waals surface area contributed by atoms with Gasteiger partial charge in [-0.3, -0.25) is 4.79 Å². The normalized spacial score (nSPS) is 11.6. The SMILES string of the molecule is C=CC[C@H](CC(=O)C(=O)OCc1ccccc1)OC. The van der Waals surface area contributed by atoms with Crippen molar-refractivity contribution in [3.8, 4) is 0 Å². The van der Waals surface area contributed by atoms with Gasteiger partial charge < -0.3 is 9.47 Å². The van der Waals surface area contributed by atoms with Crippen LogP contribution in [0.1, 0.15) is 18.4 Å². The number of hydrogen-bond donors (Lipinski definition) is 0. The van der Waals surface area contributed by atoms with Gasteiger partial charge in [-0.2, -0.15) is 0 Å². The number of esters is 1. The van der Waals surface area contributed by atoms with Crippen molar-refractivity contribution in [2.75, 3.05) is 7.11 Å². The third-order valence-electron chi connectivity index (χ3n) is 2.62. The average molecular weight is 262 g/mol. The molecule has 0 aliphatic heterocycles. The molecule has 1 aromatic rings. The molecule has 0 radical (unpaired) electrons. The summed E-state index contributed by atoms with van der Waals surface area (Å²) in [6.07, 6.45) is 1.86. The Labute approximate surface area is 113 Å². The van der Waals surface area contributed by atoms with E-state index in [2.05, 4.69) is 6.58 Å². The Morgan fingerprint density at radius 2 is 2.00 bits per heavy atom. The van der Waals surface area contributed by atoms with E-state index in [1.165, 1.54) is 7.11 Å². The highest BCUT2D eigenvalue weighted by molar-refractivity contribution is 6.33. The van der Waals surface area contributed by atoms with Crippen LogP contribution < -0.4 is 0 Å². The van der Waals surface area contributed by atoms with Crippen molar-refractivity contribution >= 4 is 11.8 Å². The highest BCUT2D eigenvalue weighted by Crippen LogP contribution is 2.06. The van der Waals surface area contributed by atoms with Crippen molar-refractivity contribution in [3.05, 3.63) is 48.6 Å². The van der Waals surface area contributed by atoms with Crippen LogP contribution in [0, 0.1) is 0 Å². The predicted molar refractivity (Wildman–Crippen MR) is 71.5 cm³/mol. The van der Waals surface area contributed by atoms with Gasteiger partial charge in [-0.25, -0.2) is 4.79 Å². The number of hydrogen-bond acceptors (Lipinski definition) is 4. The standard InChI is InChI=1S/C15H18O4/c1-3-7-13(18-2)10-14(16)15(17)19-11-12-8-5-4-6-9-12/h3-6,8-9,13H,1,7,10-11H2,2H3/t13-/m1/s1. The summed E-state index contributed by atoms with van der Waals surface area (Å²) in [4.78, 5) is 23.1. The van der Waals surface area contributed by atoms with E-state index in [1.807, 2.05) is 30.3 Å². The third-order valence-corrected chi connectivity index (χ3v) is 2.62. The first kappa shape index (κ1) is 15.1. The molecular formula is C15H18O4. The van der Waals surface area contributed by atoms with Gasteiger partial charge >= 0.3 is 5.97 Å². The van der Waals surface area contributed by atoms with E-state index < -0.39 is 11.8 Å². The highest BCUT2D eigenvalue weighted by atomic mass is 16.5. The summed E-state index contributed by atoms with van der Waals surface area (Å²) >= 11 is 0. The summed E-state index contributed by atoms with van der Waals surface area (Å²) in [5, 5.41) is 0. The van der Waals surface area contributed by atoms with E-state index >= 15 is 0 Å². The summed E-state index contributed by atoms with van der Waals surface area (Å²) in [6.45, 7) is 3.67. The van der Waals surface area contributed by atoms with E-state index in [0.29, 0.717) is 6.42 Å². The summed E-state index contributed by atoms with van der Waals surface area (Å²) in [6, 6.07) is 9.21. The van der Waals surface area contributed by atoms with Crippen LogP contribution in [0.3, 0.4) is 0 Å². The van der Waals surface area contributed by atoms with Gasteiger partial charge in [-0.05, 0) is 12.0 Å². The number of methoxy groups -OCH3 is 1. The number of rotatable bonds is 8. The molecule has 0 fully saturated rings. The van der Waals surface area contributed by atoms with Crippen molar-refractivity contribution in [2.45, 2.75) is 25.6 Å². The molecule has 1 aromatic carbocycles. The summed E-state index contributed by atoms with van der Waals surface area (Å²) in [5.74, 6) is -1.40. The number of Topliss-reactive ketones (excluding diaryl/α,β-unsaturated/α-hetero) is 1. The lowest BCUT2D eigenvalue weighted by atomic mass is 10.1. The summed E-state index contributed by atoms with van der Waals surface area (Å²) in [5.41, 5.74) is 0.845. The fourth-order valence-corrected chi connectivity index (χ4v) is 1.54. The third kappa shape index (κ3) is 5.48. The maximum atomic E-state index is 11.6. The Morgan fingerprint density at radius 3 is 2.58 bits per heavy atom. The van der Waals surface area contributed by atoms with Crippen LogP contribution in [-0.2, 0) is 25.7 Å². The topological polar surface area (TPSA) is 52.6 Å². The van der Waals surface area contributed by atoms with E-state index in [1.54, 1.807) is 6.08 Å². The Hall–Kier alpha value is -1.94. The first-order valence-corrected chi connectivity index (χ1v) is 6.05. The van der Waals surface area contributed by atoms with Gasteiger partial charge in [0.15, 0.2) is 0 Å². The van der Waals surface area contributed by atoms with Crippen LogP contribution in [0.4, 0.5) is 0 Å². The van der Waals surface area contributed by atoms with Gasteiger partial charge in [-0.1, -0.05) is 36.4 Å². The number of carbonyl (C=O) groups is 2. The molecule has 1 atom stereocenters. The molecule has 0 heterocycles. The number of ketones is 1. The Balaban J connectivity index is 2.40. The zero-order chi connectivity index (χ0) is 14.1. The second-order valence-electron chi connectivity index (χ2n) is 4.07. The molecule has 0 unspecified atom stereocenters. The van der Waals surface area contributed by atoms with Crippen molar-refractivity contribution < 1.29 is 19.1 Å². The molecule has 0 N–H and O–H groups in total. The second-order valence-corrected chi connectivity index (χ2v) is 4.07. The monoisotopic (exact) mass is 262 g/mol. The minimum Gasteiger partial charge on any atom is -0.455 e. The molecule has 1 rings (SSSR count). The zero-order valence-corrected chi connectivity index (χ0v) is 11.0. The maximum absolute atomic E-state index is 11.6. The Bertz CT molecular complexity index is 425. The molecule has 0 amide bonds. The second kappa shape index (κ2) is 8.21. The van der Waals surface area contributed by atoms with Crippen LogP contribution in [0.15, 0.2) is 43.0 Å². The minimum absolute atomic E-state index is 0.0101. The molecular weight excluding hydrogens is 244 g/mol. The van der Waals surface area contributed by atoms with E-state index in [0.717, 1.165) is 5.56 Å². The fraction of sp³-hybridized carbons (Fsp3) is 0.333. The molecule has 4 nitrogen and oxygen atoms in total. The molecule has 102 valence electrons. The van der Waals surface area contributed by atoms with E-state index in [4.69, 9.17) is 9.47 Å². The number of ether oxygens (including phenoxy) is 2. The van der Waals surface area contributed by atoms with E-state index in [9.17, 15) is 9.59 Å². The molecule has 0 saturated heterocycles. The van der Waals surface area contributed by atoms with Crippen LogP contribution in [0.25, 0.3) is 0 Å². The molecule has 0 aliphatic rings. The quantitative estimate of drug-likeness (QED) is 0.410. The first-order chi connectivity index (χ1) is 9.17. The lowest BCUT2D eigenvalue weighted by Crippen LogP contribution is -2.23. The smallest absolute Gasteiger partial charge is 0.375 e. The minimum atomic E-state index is -0.824. The van der Waals surface area contributed by atoms with Crippen LogP contribution in [-0.4, -0.2) is 25.0 Å². The van der Waals surface area contributed by atoms with Crippen LogP contribution >= 0.6 is 0 Å². The molecule has 4 heteroatoms. The maximum Gasteiger partial charge on any atom is 0.375 e. The van der Waals surface area contributed by atoms with Crippen molar-refractivity contribution in [3.63, 3.8) is 0 Å². The van der Waals surface area contributed by atoms with Gasteiger partial charge in [0.1, 0.15) is 6.61 Å². The molecule has 0 spiro atoms. The largest absolute Gasteiger partial charge is 0.455 e. The van der Waals surface area contributed by atoms with Crippen LogP contribution in [0.2, 0.25) is 0 Å². The molecule has 0 bridgehead atoms. The lowest BCUT2D eigenvalue weighted by Gasteiger charge is -2.11. The van der Waals surface area contributed by atoms with Gasteiger partial charge in [-0.15, -0.1) is 6.58 Å². The average Bonchev–Trinajstić information content (AvgIpc) is 2.45. The summed E-state index contributed by atoms with van der Waals surface area (Å²) < 4.78 is 10.0. The molecule has 19 heavy (non-hydrogen) atoms. The van der Waals surface area contributed by atoms with Gasteiger partial charge in [0.05, 0.1) is 6.10 Å². The molecule has 0 aliphatic carbocycles. The molecule has 0 aromatic heterocycles. The van der Waals surface area contributed by atoms with Crippen molar-refractivity contribution in [1.82, 2.24) is 0 Å². The Kier molecular flexibility index (Phi) is 6.53. The van der Waals surface area contributed by atoms with E-state index in [-0.39, 0.29) is 19.1 Å². The Morgan fingerprint density at radius 1 is 1.32 bits per heavy atom. The van der Waals surface area contributed by atoms with Crippen LogP contribution in [0.5, 0.6) is 0 Å².